The van der Waals surface area contributed by atoms with Crippen molar-refractivity contribution in [2.45, 2.75) is 25.2 Å². The molecule has 10 nitrogen and oxygen atoms in total. The summed E-state index contributed by atoms with van der Waals surface area (Å²) in [7, 11) is -0.0205. The third-order valence-corrected chi connectivity index (χ3v) is 7.60. The van der Waals surface area contributed by atoms with E-state index in [1.165, 1.54) is 15.1 Å². The number of nitrogens with zero attached hydrogens (tertiary/aromatic N) is 5. The van der Waals surface area contributed by atoms with Gasteiger partial charge in [-0.3, -0.25) is 9.48 Å². The maximum absolute atomic E-state index is 13.3. The lowest BCUT2D eigenvalue weighted by atomic mass is 10.1. The van der Waals surface area contributed by atoms with Gasteiger partial charge in [-0.05, 0) is 38.6 Å². The highest BCUT2D eigenvalue weighted by Gasteiger charge is 2.29. The molecule has 32 heavy (non-hydrogen) atoms. The van der Waals surface area contributed by atoms with Crippen LogP contribution < -0.4 is 10.3 Å². The number of sulfonamides is 1. The minimum Gasteiger partial charge on any atom is -0.493 e. The van der Waals surface area contributed by atoms with Crippen molar-refractivity contribution in [1.82, 2.24) is 29.0 Å². The van der Waals surface area contributed by atoms with Gasteiger partial charge in [0.25, 0.3) is 5.56 Å². The first-order valence-corrected chi connectivity index (χ1v) is 12.1. The number of rotatable bonds is 6. The number of benzene rings is 1. The van der Waals surface area contributed by atoms with Crippen LogP contribution in [0.15, 0.2) is 27.9 Å². The Kier molecular flexibility index (Phi) is 6.06. The zero-order valence-corrected chi connectivity index (χ0v) is 19.6. The van der Waals surface area contributed by atoms with Crippen LogP contribution in [0.25, 0.3) is 22.4 Å². The number of nitrogens with one attached hydrogen (secondary N) is 1. The van der Waals surface area contributed by atoms with Crippen molar-refractivity contribution < 1.29 is 13.2 Å². The number of aromatic nitrogens is 4. The van der Waals surface area contributed by atoms with E-state index < -0.39 is 10.0 Å². The van der Waals surface area contributed by atoms with Crippen LogP contribution in [0.5, 0.6) is 5.75 Å². The van der Waals surface area contributed by atoms with Crippen LogP contribution in [0, 0.1) is 0 Å². The van der Waals surface area contributed by atoms with Gasteiger partial charge >= 0.3 is 0 Å². The van der Waals surface area contributed by atoms with E-state index in [9.17, 15) is 13.2 Å². The molecule has 1 saturated heterocycles. The minimum atomic E-state index is -3.69. The quantitative estimate of drug-likeness (QED) is 0.588. The van der Waals surface area contributed by atoms with Gasteiger partial charge in [-0.2, -0.15) is 9.40 Å². The van der Waals surface area contributed by atoms with Gasteiger partial charge in [-0.15, -0.1) is 0 Å². The molecule has 172 valence electrons. The van der Waals surface area contributed by atoms with E-state index in [-0.39, 0.29) is 16.3 Å². The molecule has 0 radical (unpaired) electrons. The van der Waals surface area contributed by atoms with Crippen molar-refractivity contribution in [1.29, 1.82) is 0 Å². The summed E-state index contributed by atoms with van der Waals surface area (Å²) in [5, 5.41) is 4.38. The average Bonchev–Trinajstić information content (AvgIpc) is 3.10. The third kappa shape index (κ3) is 3.91. The minimum absolute atomic E-state index is 0.144. The number of aryl methyl sites for hydroxylation is 2. The summed E-state index contributed by atoms with van der Waals surface area (Å²) in [6.07, 6.45) is 0.614. The van der Waals surface area contributed by atoms with Crippen LogP contribution in [0.4, 0.5) is 0 Å². The van der Waals surface area contributed by atoms with E-state index in [1.807, 2.05) is 20.9 Å². The first kappa shape index (κ1) is 22.4. The van der Waals surface area contributed by atoms with Gasteiger partial charge < -0.3 is 14.6 Å². The molecule has 2 aromatic heterocycles. The molecule has 0 saturated carbocycles. The monoisotopic (exact) mass is 460 g/mol. The highest BCUT2D eigenvalue weighted by molar-refractivity contribution is 7.89. The maximum atomic E-state index is 13.3. The summed E-state index contributed by atoms with van der Waals surface area (Å²) < 4.78 is 35.3. The molecule has 3 aromatic rings. The largest absolute Gasteiger partial charge is 0.493 e. The number of H-pyrrole nitrogens is 1. The van der Waals surface area contributed by atoms with E-state index in [0.29, 0.717) is 67.2 Å². The molecule has 0 bridgehead atoms. The summed E-state index contributed by atoms with van der Waals surface area (Å²) in [6.45, 7) is 6.38. The lowest BCUT2D eigenvalue weighted by molar-refractivity contribution is 0.222. The third-order valence-electron chi connectivity index (χ3n) is 5.70. The Bertz CT molecular complexity index is 1310. The number of fused-ring (bicyclic) bond motifs is 1. The lowest BCUT2D eigenvalue weighted by Gasteiger charge is -2.31. The zero-order valence-electron chi connectivity index (χ0n) is 18.8. The van der Waals surface area contributed by atoms with E-state index in [0.717, 1.165) is 0 Å². The smallest absolute Gasteiger partial charge is 0.277 e. The molecule has 4 rings (SSSR count). The summed E-state index contributed by atoms with van der Waals surface area (Å²) in [5.41, 5.74) is 1.67. The van der Waals surface area contributed by atoms with Crippen LogP contribution in [-0.4, -0.2) is 77.2 Å². The second-order valence-electron chi connectivity index (χ2n) is 7.83. The normalized spacial score (nSPS) is 16.0. The Morgan fingerprint density at radius 2 is 1.84 bits per heavy atom. The number of hydrogen-bond donors (Lipinski definition) is 1. The summed E-state index contributed by atoms with van der Waals surface area (Å²) in [5.74, 6) is 0.707. The molecular formula is C21H28N6O4S. The van der Waals surface area contributed by atoms with Crippen LogP contribution in [-0.2, 0) is 23.5 Å². The summed E-state index contributed by atoms with van der Waals surface area (Å²) in [4.78, 5) is 22.5. The molecular weight excluding hydrogens is 432 g/mol. The summed E-state index contributed by atoms with van der Waals surface area (Å²) in [6, 6.07) is 4.70. The van der Waals surface area contributed by atoms with Crippen molar-refractivity contribution in [3.63, 3.8) is 0 Å². The van der Waals surface area contributed by atoms with Crippen LogP contribution in [0.1, 0.15) is 19.5 Å². The van der Waals surface area contributed by atoms with E-state index in [4.69, 9.17) is 4.74 Å². The molecule has 1 aliphatic rings. The second kappa shape index (κ2) is 8.64. The van der Waals surface area contributed by atoms with Crippen LogP contribution >= 0.6 is 0 Å². The van der Waals surface area contributed by atoms with Gasteiger partial charge in [0.2, 0.25) is 10.0 Å². The SMILES string of the molecule is CCOc1ccc(S(=O)(=O)N2CCN(C)CC2)cc1-c1nc2c(CC)nn(C)c2c(=O)[nH]1. The summed E-state index contributed by atoms with van der Waals surface area (Å²) >= 11 is 0. The Labute approximate surface area is 186 Å². The van der Waals surface area contributed by atoms with Crippen molar-refractivity contribution in [2.75, 3.05) is 39.8 Å². The zero-order chi connectivity index (χ0) is 23.0. The van der Waals surface area contributed by atoms with Gasteiger partial charge in [0.1, 0.15) is 17.1 Å². The van der Waals surface area contributed by atoms with Crippen LogP contribution in [0.3, 0.4) is 0 Å². The fourth-order valence-corrected chi connectivity index (χ4v) is 5.37. The molecule has 11 heteroatoms. The Morgan fingerprint density at radius 3 is 2.50 bits per heavy atom. The highest BCUT2D eigenvalue weighted by atomic mass is 32.2. The molecule has 0 amide bonds. The van der Waals surface area contributed by atoms with Gasteiger partial charge in [0.15, 0.2) is 5.52 Å². The van der Waals surface area contributed by atoms with E-state index in [2.05, 4.69) is 20.0 Å². The number of aromatic amines is 1. The van der Waals surface area contributed by atoms with Crippen molar-refractivity contribution in [3.05, 3.63) is 34.2 Å². The van der Waals surface area contributed by atoms with Crippen LogP contribution in [0.2, 0.25) is 0 Å². The Balaban J connectivity index is 1.86. The molecule has 1 aliphatic heterocycles. The molecule has 0 spiro atoms. The molecule has 0 unspecified atom stereocenters. The fourth-order valence-electron chi connectivity index (χ4n) is 3.93. The standard InChI is InChI=1S/C21H28N6O4S/c1-5-16-18-19(26(4)24-16)21(28)23-20(22-18)15-13-14(7-8-17(15)31-6-2)32(29,30)27-11-9-25(3)10-12-27/h7-8,13H,5-6,9-12H2,1-4H3,(H,22,23,28). The first-order chi connectivity index (χ1) is 15.3. The number of hydrogen-bond acceptors (Lipinski definition) is 7. The highest BCUT2D eigenvalue weighted by Crippen LogP contribution is 2.32. The fraction of sp³-hybridized carbons (Fsp3) is 0.476. The second-order valence-corrected chi connectivity index (χ2v) is 9.77. The van der Waals surface area contributed by atoms with Gasteiger partial charge in [0.05, 0.1) is 22.8 Å². The molecule has 0 aliphatic carbocycles. The molecule has 1 N–H and O–H groups in total. The first-order valence-electron chi connectivity index (χ1n) is 10.7. The lowest BCUT2D eigenvalue weighted by Crippen LogP contribution is -2.47. The molecule has 1 fully saturated rings. The average molecular weight is 461 g/mol. The molecule has 0 atom stereocenters. The van der Waals surface area contributed by atoms with Crippen molar-refractivity contribution >= 4 is 21.1 Å². The Hall–Kier alpha value is -2.76. The molecule has 3 heterocycles. The van der Waals surface area contributed by atoms with Crippen molar-refractivity contribution in [3.8, 4) is 17.1 Å². The van der Waals surface area contributed by atoms with Gasteiger partial charge in [-0.1, -0.05) is 6.92 Å². The maximum Gasteiger partial charge on any atom is 0.277 e. The van der Waals surface area contributed by atoms with Gasteiger partial charge in [0, 0.05) is 33.2 Å². The molecule has 1 aromatic carbocycles. The van der Waals surface area contributed by atoms with Gasteiger partial charge in [-0.25, -0.2) is 13.4 Å². The predicted molar refractivity (Wildman–Crippen MR) is 121 cm³/mol. The van der Waals surface area contributed by atoms with E-state index in [1.54, 1.807) is 19.2 Å². The number of likely N-dealkylation sites (N-methyl/N-ethyl adjacent to an activating group) is 1. The number of ether oxygens (including phenoxy) is 1. The van der Waals surface area contributed by atoms with Crippen molar-refractivity contribution in [2.24, 2.45) is 7.05 Å². The number of piperazine rings is 1. The predicted octanol–water partition coefficient (Wildman–Crippen LogP) is 1.22. The topological polar surface area (TPSA) is 113 Å². The van der Waals surface area contributed by atoms with E-state index >= 15 is 0 Å². The Morgan fingerprint density at radius 1 is 1.12 bits per heavy atom.